The number of carbonyl (C=O) groups is 1. The molecule has 0 radical (unpaired) electrons. The Kier molecular flexibility index (Phi) is 2.87. The van der Waals surface area contributed by atoms with Crippen molar-refractivity contribution >= 4 is 37.3 Å². The van der Waals surface area contributed by atoms with Crippen molar-refractivity contribution in [3.63, 3.8) is 0 Å². The Bertz CT molecular complexity index is 631. The van der Waals surface area contributed by atoms with Crippen LogP contribution in [0.5, 0.6) is 0 Å². The molecule has 1 aromatic carbocycles. The molecule has 0 fully saturated rings. The van der Waals surface area contributed by atoms with Crippen LogP contribution in [0.4, 0.5) is 0 Å². The van der Waals surface area contributed by atoms with Crippen LogP contribution in [0.2, 0.25) is 0 Å². The van der Waals surface area contributed by atoms with Gasteiger partial charge in [0, 0.05) is 9.88 Å². The summed E-state index contributed by atoms with van der Waals surface area (Å²) in [6, 6.07) is 4.93. The highest BCUT2D eigenvalue weighted by Gasteiger charge is 2.33. The standard InChI is InChI=1S/C11H9BrO4S/c1-6(11(13)14)8-5-17(15,16)10-7(8)3-2-4-9(10)12/h2-6H,1H3,(H,13,14). The van der Waals surface area contributed by atoms with Crippen LogP contribution in [-0.2, 0) is 14.6 Å². The number of carboxylic acid groups (broad SMARTS) is 1. The molecule has 1 unspecified atom stereocenters. The zero-order chi connectivity index (χ0) is 12.8. The Morgan fingerprint density at radius 3 is 2.65 bits per heavy atom. The zero-order valence-electron chi connectivity index (χ0n) is 8.84. The maximum absolute atomic E-state index is 11.9. The van der Waals surface area contributed by atoms with Gasteiger partial charge in [-0.15, -0.1) is 0 Å². The summed E-state index contributed by atoms with van der Waals surface area (Å²) in [6.07, 6.45) is 0. The largest absolute Gasteiger partial charge is 0.481 e. The molecule has 0 saturated carbocycles. The number of sulfone groups is 1. The Labute approximate surface area is 107 Å². The minimum atomic E-state index is -3.54. The molecule has 17 heavy (non-hydrogen) atoms. The SMILES string of the molecule is CC(C(=O)O)C1=CS(=O)(=O)c2c(Br)cccc21. The van der Waals surface area contributed by atoms with Gasteiger partial charge in [0.2, 0.25) is 9.84 Å². The number of carboxylic acids is 1. The van der Waals surface area contributed by atoms with Crippen LogP contribution >= 0.6 is 15.9 Å². The zero-order valence-corrected chi connectivity index (χ0v) is 11.2. The highest BCUT2D eigenvalue weighted by molar-refractivity contribution is 9.10. The summed E-state index contributed by atoms with van der Waals surface area (Å²) in [5, 5.41) is 10.0. The molecular formula is C11H9BrO4S. The van der Waals surface area contributed by atoms with Crippen molar-refractivity contribution in [2.75, 3.05) is 0 Å². The first-order valence-electron chi connectivity index (χ1n) is 4.83. The van der Waals surface area contributed by atoms with Crippen molar-refractivity contribution in [1.29, 1.82) is 0 Å². The highest BCUT2D eigenvalue weighted by Crippen LogP contribution is 2.41. The maximum atomic E-state index is 11.9. The van der Waals surface area contributed by atoms with Gasteiger partial charge in [0.25, 0.3) is 0 Å². The third-order valence-electron chi connectivity index (χ3n) is 2.68. The Morgan fingerprint density at radius 2 is 2.06 bits per heavy atom. The van der Waals surface area contributed by atoms with E-state index in [9.17, 15) is 13.2 Å². The van der Waals surface area contributed by atoms with Crippen LogP contribution in [0, 0.1) is 5.92 Å². The molecule has 1 atom stereocenters. The van der Waals surface area contributed by atoms with Gasteiger partial charge in [-0.25, -0.2) is 8.42 Å². The Morgan fingerprint density at radius 1 is 1.41 bits per heavy atom. The van der Waals surface area contributed by atoms with Gasteiger partial charge in [-0.05, 0) is 40.1 Å². The third-order valence-corrected chi connectivity index (χ3v) is 5.18. The second-order valence-electron chi connectivity index (χ2n) is 3.79. The number of hydrogen-bond donors (Lipinski definition) is 1. The first-order valence-corrected chi connectivity index (χ1v) is 7.17. The fraction of sp³-hybridized carbons (Fsp3) is 0.182. The summed E-state index contributed by atoms with van der Waals surface area (Å²) in [7, 11) is -3.54. The van der Waals surface area contributed by atoms with E-state index < -0.39 is 21.7 Å². The van der Waals surface area contributed by atoms with E-state index in [4.69, 9.17) is 5.11 Å². The van der Waals surface area contributed by atoms with Crippen molar-refractivity contribution in [3.05, 3.63) is 33.6 Å². The van der Waals surface area contributed by atoms with E-state index in [1.807, 2.05) is 0 Å². The van der Waals surface area contributed by atoms with Crippen LogP contribution < -0.4 is 0 Å². The molecule has 1 aromatic rings. The lowest BCUT2D eigenvalue weighted by Gasteiger charge is -2.09. The lowest BCUT2D eigenvalue weighted by atomic mass is 9.96. The molecule has 0 saturated heterocycles. The van der Waals surface area contributed by atoms with Crippen LogP contribution in [0.15, 0.2) is 33.0 Å². The fourth-order valence-electron chi connectivity index (χ4n) is 1.78. The molecule has 4 nitrogen and oxygen atoms in total. The average Bonchev–Trinajstić information content (AvgIpc) is 2.51. The third kappa shape index (κ3) is 1.91. The van der Waals surface area contributed by atoms with Gasteiger partial charge in [0.05, 0.1) is 10.8 Å². The fourth-order valence-corrected chi connectivity index (χ4v) is 4.44. The number of aliphatic carboxylic acids is 1. The smallest absolute Gasteiger partial charge is 0.310 e. The average molecular weight is 317 g/mol. The van der Waals surface area contributed by atoms with E-state index in [1.54, 1.807) is 18.2 Å². The predicted octanol–water partition coefficient (Wildman–Crippen LogP) is 2.30. The molecule has 2 rings (SSSR count). The minimum absolute atomic E-state index is 0.156. The second kappa shape index (κ2) is 3.96. The monoisotopic (exact) mass is 316 g/mol. The number of halogens is 1. The molecule has 90 valence electrons. The summed E-state index contributed by atoms with van der Waals surface area (Å²) in [5.74, 6) is -1.89. The van der Waals surface area contributed by atoms with Gasteiger partial charge in [-0.1, -0.05) is 12.1 Å². The Hall–Kier alpha value is -1.14. The lowest BCUT2D eigenvalue weighted by Crippen LogP contribution is -2.10. The van der Waals surface area contributed by atoms with E-state index >= 15 is 0 Å². The van der Waals surface area contributed by atoms with Crippen LogP contribution in [0.25, 0.3) is 5.57 Å². The van der Waals surface area contributed by atoms with Gasteiger partial charge in [-0.2, -0.15) is 0 Å². The summed E-state index contributed by atoms with van der Waals surface area (Å²) in [6.45, 7) is 1.47. The van der Waals surface area contributed by atoms with Crippen molar-refractivity contribution in [3.8, 4) is 0 Å². The molecule has 0 amide bonds. The second-order valence-corrected chi connectivity index (χ2v) is 6.38. The van der Waals surface area contributed by atoms with Crippen molar-refractivity contribution in [2.45, 2.75) is 11.8 Å². The first kappa shape index (κ1) is 12.3. The van der Waals surface area contributed by atoms with Gasteiger partial charge in [0.15, 0.2) is 0 Å². The van der Waals surface area contributed by atoms with E-state index in [0.29, 0.717) is 15.6 Å². The number of rotatable bonds is 2. The molecule has 0 aliphatic carbocycles. The molecule has 0 spiro atoms. The topological polar surface area (TPSA) is 71.4 Å². The van der Waals surface area contributed by atoms with Gasteiger partial charge >= 0.3 is 5.97 Å². The molecule has 1 aliphatic rings. The van der Waals surface area contributed by atoms with Crippen molar-refractivity contribution < 1.29 is 18.3 Å². The van der Waals surface area contributed by atoms with Crippen molar-refractivity contribution in [1.82, 2.24) is 0 Å². The predicted molar refractivity (Wildman–Crippen MR) is 66.1 cm³/mol. The molecular weight excluding hydrogens is 308 g/mol. The van der Waals surface area contributed by atoms with E-state index in [-0.39, 0.29) is 4.90 Å². The van der Waals surface area contributed by atoms with Crippen LogP contribution in [0.3, 0.4) is 0 Å². The van der Waals surface area contributed by atoms with Crippen molar-refractivity contribution in [2.24, 2.45) is 5.92 Å². The van der Waals surface area contributed by atoms with E-state index in [1.165, 1.54) is 6.92 Å². The Balaban J connectivity index is 2.71. The summed E-state index contributed by atoms with van der Waals surface area (Å²) >= 11 is 3.18. The molecule has 0 aromatic heterocycles. The van der Waals surface area contributed by atoms with E-state index in [0.717, 1.165) is 5.41 Å². The summed E-state index contributed by atoms with van der Waals surface area (Å²) in [5.41, 5.74) is 0.795. The molecule has 6 heteroatoms. The lowest BCUT2D eigenvalue weighted by molar-refractivity contribution is -0.139. The van der Waals surface area contributed by atoms with Gasteiger partial charge in [-0.3, -0.25) is 4.79 Å². The van der Waals surface area contributed by atoms with E-state index in [2.05, 4.69) is 15.9 Å². The molecule has 0 bridgehead atoms. The van der Waals surface area contributed by atoms with Gasteiger partial charge in [0.1, 0.15) is 0 Å². The van der Waals surface area contributed by atoms with Crippen LogP contribution in [0.1, 0.15) is 12.5 Å². The summed E-state index contributed by atoms with van der Waals surface area (Å²) < 4.78 is 24.3. The molecule has 1 aliphatic heterocycles. The van der Waals surface area contributed by atoms with Gasteiger partial charge < -0.3 is 5.11 Å². The number of hydrogen-bond acceptors (Lipinski definition) is 3. The normalized spacial score (nSPS) is 18.4. The maximum Gasteiger partial charge on any atom is 0.310 e. The molecule has 1 N–H and O–H groups in total. The minimum Gasteiger partial charge on any atom is -0.481 e. The highest BCUT2D eigenvalue weighted by atomic mass is 79.9. The number of fused-ring (bicyclic) bond motifs is 1. The summed E-state index contributed by atoms with van der Waals surface area (Å²) in [4.78, 5) is 11.1. The number of benzene rings is 1. The first-order chi connectivity index (χ1) is 7.84. The van der Waals surface area contributed by atoms with Crippen LogP contribution in [-0.4, -0.2) is 19.5 Å². The molecule has 1 heterocycles. The quantitative estimate of drug-likeness (QED) is 0.908.